The van der Waals surface area contributed by atoms with Gasteiger partial charge in [-0.3, -0.25) is 9.36 Å². The number of hydrogen-bond acceptors (Lipinski definition) is 7. The summed E-state index contributed by atoms with van der Waals surface area (Å²) in [7, 11) is 0. The van der Waals surface area contributed by atoms with E-state index in [1.54, 1.807) is 0 Å². The Morgan fingerprint density at radius 3 is 2.72 bits per heavy atom. The first-order chi connectivity index (χ1) is 15.5. The fourth-order valence-electron chi connectivity index (χ4n) is 3.38. The monoisotopic (exact) mass is 520 g/mol. The Bertz CT molecular complexity index is 1570. The number of fused-ring (bicyclic) bond motifs is 2. The molecule has 9 heteroatoms. The normalized spacial score (nSPS) is 12.1. The van der Waals surface area contributed by atoms with Crippen molar-refractivity contribution in [3.8, 4) is 17.2 Å². The van der Waals surface area contributed by atoms with Crippen LogP contribution >= 0.6 is 38.6 Å². The molecule has 0 fully saturated rings. The van der Waals surface area contributed by atoms with Crippen molar-refractivity contribution in [2.24, 2.45) is 0 Å². The Kier molecular flexibility index (Phi) is 5.35. The number of benzene rings is 2. The molecule has 5 rings (SSSR count). The number of rotatable bonds is 4. The second-order valence-electron chi connectivity index (χ2n) is 6.93. The number of allylic oxidation sites excluding steroid dienone is 2. The molecule has 0 spiro atoms. The Morgan fingerprint density at radius 1 is 1.19 bits per heavy atom. The molecule has 3 aromatic heterocycles. The molecule has 0 aliphatic rings. The van der Waals surface area contributed by atoms with Gasteiger partial charge in [0.05, 0.1) is 28.5 Å². The highest BCUT2D eigenvalue weighted by Gasteiger charge is 2.17. The van der Waals surface area contributed by atoms with Gasteiger partial charge in [0.1, 0.15) is 27.2 Å². The fourth-order valence-corrected chi connectivity index (χ4v) is 5.53. The lowest BCUT2D eigenvalue weighted by Crippen LogP contribution is -2.21. The quantitative estimate of drug-likeness (QED) is 0.232. The van der Waals surface area contributed by atoms with Crippen molar-refractivity contribution in [3.05, 3.63) is 85.8 Å². The molecule has 2 aromatic carbocycles. The van der Waals surface area contributed by atoms with E-state index in [1.807, 2.05) is 60.0 Å². The van der Waals surface area contributed by atoms with Crippen molar-refractivity contribution < 1.29 is 5.11 Å². The molecule has 0 saturated heterocycles. The Balaban J connectivity index is 1.58. The van der Waals surface area contributed by atoms with Crippen LogP contribution in [0.4, 0.5) is 0 Å². The maximum atomic E-state index is 13.3. The number of aromatic nitrogens is 3. The fraction of sp³-hybridized carbons (Fsp3) is 0.0435. The smallest absolute Gasteiger partial charge is 0.263 e. The highest BCUT2D eigenvalue weighted by atomic mass is 79.9. The molecule has 0 saturated carbocycles. The van der Waals surface area contributed by atoms with Gasteiger partial charge in [0, 0.05) is 15.4 Å². The zero-order valence-corrected chi connectivity index (χ0v) is 19.5. The minimum atomic E-state index is -0.276. The third-order valence-corrected chi connectivity index (χ3v) is 7.41. The van der Waals surface area contributed by atoms with Gasteiger partial charge in [-0.15, -0.1) is 22.7 Å². The van der Waals surface area contributed by atoms with Gasteiger partial charge in [-0.05, 0) is 29.8 Å². The molecule has 0 aliphatic carbocycles. The summed E-state index contributed by atoms with van der Waals surface area (Å²) in [6.45, 7) is -0.170. The van der Waals surface area contributed by atoms with Crippen LogP contribution in [-0.4, -0.2) is 19.6 Å². The largest absolute Gasteiger partial charge is 0.509 e. The lowest BCUT2D eigenvalue weighted by molar-refractivity contribution is 0.376. The van der Waals surface area contributed by atoms with Crippen LogP contribution in [0.25, 0.3) is 37.1 Å². The number of hydrogen-bond donors (Lipinski definition) is 1. The Hall–Kier alpha value is -3.32. The first-order valence-corrected chi connectivity index (χ1v) is 11.9. The van der Waals surface area contributed by atoms with Crippen molar-refractivity contribution in [2.45, 2.75) is 6.54 Å². The van der Waals surface area contributed by atoms with Crippen LogP contribution in [0.15, 0.2) is 75.3 Å². The van der Waals surface area contributed by atoms with E-state index < -0.39 is 0 Å². The number of para-hydroxylation sites is 1. The summed E-state index contributed by atoms with van der Waals surface area (Å²) in [5, 5.41) is 23.2. The third kappa shape index (κ3) is 3.62. The van der Waals surface area contributed by atoms with Gasteiger partial charge in [0.15, 0.2) is 0 Å². The van der Waals surface area contributed by atoms with Crippen molar-refractivity contribution in [2.75, 3.05) is 0 Å². The van der Waals surface area contributed by atoms with E-state index in [0.29, 0.717) is 15.2 Å². The van der Waals surface area contributed by atoms with Gasteiger partial charge in [0.25, 0.3) is 5.56 Å². The number of nitrogens with zero attached hydrogens (tertiary/aromatic N) is 4. The van der Waals surface area contributed by atoms with E-state index in [1.165, 1.54) is 33.6 Å². The number of thiazole rings is 1. The van der Waals surface area contributed by atoms with Crippen LogP contribution in [0.3, 0.4) is 0 Å². The second kappa shape index (κ2) is 8.31. The van der Waals surface area contributed by atoms with Crippen LogP contribution < -0.4 is 5.56 Å². The van der Waals surface area contributed by atoms with Gasteiger partial charge in [-0.1, -0.05) is 40.2 Å². The van der Waals surface area contributed by atoms with Crippen LogP contribution in [0, 0.1) is 11.3 Å². The van der Waals surface area contributed by atoms with Gasteiger partial charge in [-0.2, -0.15) is 5.26 Å². The Morgan fingerprint density at radius 2 is 1.97 bits per heavy atom. The summed E-state index contributed by atoms with van der Waals surface area (Å²) in [5.41, 5.74) is 2.23. The predicted octanol–water partition coefficient (Wildman–Crippen LogP) is 5.99. The van der Waals surface area contributed by atoms with E-state index in [9.17, 15) is 15.2 Å². The van der Waals surface area contributed by atoms with E-state index in [4.69, 9.17) is 0 Å². The molecule has 3 heterocycles. The zero-order chi connectivity index (χ0) is 22.2. The molecule has 1 N–H and O–H groups in total. The first kappa shape index (κ1) is 20.6. The van der Waals surface area contributed by atoms with E-state index in [2.05, 4.69) is 25.9 Å². The summed E-state index contributed by atoms with van der Waals surface area (Å²) in [5.74, 6) is -0.227. The van der Waals surface area contributed by atoms with Crippen molar-refractivity contribution in [1.82, 2.24) is 14.5 Å². The first-order valence-electron chi connectivity index (χ1n) is 9.46. The van der Waals surface area contributed by atoms with Crippen LogP contribution in [0.1, 0.15) is 5.01 Å². The maximum absolute atomic E-state index is 13.3. The summed E-state index contributed by atoms with van der Waals surface area (Å²) in [4.78, 5) is 22.7. The lowest BCUT2D eigenvalue weighted by Gasteiger charge is -2.07. The summed E-state index contributed by atoms with van der Waals surface area (Å²) >= 11 is 6.14. The molecule has 156 valence electrons. The molecule has 0 bridgehead atoms. The van der Waals surface area contributed by atoms with Gasteiger partial charge < -0.3 is 5.11 Å². The minimum absolute atomic E-state index is 0.0525. The van der Waals surface area contributed by atoms with Crippen molar-refractivity contribution >= 4 is 64.6 Å². The van der Waals surface area contributed by atoms with Crippen LogP contribution in [0.5, 0.6) is 0 Å². The third-order valence-electron chi connectivity index (χ3n) is 4.94. The standard InChI is InChI=1S/C23H13BrN4O2S2/c24-14-7-5-13(6-8-14)16-11-31-22-20(16)23(30)28(12-26-22)10-18(29)15(9-25)21-27-17-3-1-2-4-19(17)32-21/h1-8,11-12,29H,10H2/b18-15-. The molecule has 6 nitrogen and oxygen atoms in total. The highest BCUT2D eigenvalue weighted by Crippen LogP contribution is 2.32. The molecule has 0 radical (unpaired) electrons. The number of nitriles is 1. The van der Waals surface area contributed by atoms with Gasteiger partial charge in [0.2, 0.25) is 0 Å². The van der Waals surface area contributed by atoms with Crippen LogP contribution in [0.2, 0.25) is 0 Å². The minimum Gasteiger partial charge on any atom is -0.509 e. The predicted molar refractivity (Wildman–Crippen MR) is 132 cm³/mol. The van der Waals surface area contributed by atoms with E-state index in [0.717, 1.165) is 25.8 Å². The Labute approximate surface area is 198 Å². The molecular formula is C23H13BrN4O2S2. The van der Waals surface area contributed by atoms with E-state index in [-0.39, 0.29) is 23.4 Å². The topological polar surface area (TPSA) is 91.8 Å². The summed E-state index contributed by atoms with van der Waals surface area (Å²) in [6.07, 6.45) is 1.40. The molecule has 0 atom stereocenters. The molecule has 0 aliphatic heterocycles. The molecule has 32 heavy (non-hydrogen) atoms. The van der Waals surface area contributed by atoms with Gasteiger partial charge >= 0.3 is 0 Å². The highest BCUT2D eigenvalue weighted by molar-refractivity contribution is 9.10. The number of thiophene rings is 1. The van der Waals surface area contributed by atoms with Gasteiger partial charge in [-0.25, -0.2) is 9.97 Å². The van der Waals surface area contributed by atoms with Crippen LogP contribution in [-0.2, 0) is 6.54 Å². The number of aliphatic hydroxyl groups excluding tert-OH is 1. The average Bonchev–Trinajstić information content (AvgIpc) is 3.41. The van der Waals surface area contributed by atoms with Crippen molar-refractivity contribution in [3.63, 3.8) is 0 Å². The average molecular weight is 521 g/mol. The summed E-state index contributed by atoms with van der Waals surface area (Å²) in [6, 6.07) is 17.2. The molecule has 5 aromatic rings. The zero-order valence-electron chi connectivity index (χ0n) is 16.3. The van der Waals surface area contributed by atoms with E-state index >= 15 is 0 Å². The second-order valence-corrected chi connectivity index (χ2v) is 9.74. The molecule has 0 unspecified atom stereocenters. The molecular weight excluding hydrogens is 508 g/mol. The lowest BCUT2D eigenvalue weighted by atomic mass is 10.1. The number of aliphatic hydroxyl groups is 1. The molecule has 0 amide bonds. The van der Waals surface area contributed by atoms with Crippen molar-refractivity contribution in [1.29, 1.82) is 5.26 Å². The summed E-state index contributed by atoms with van der Waals surface area (Å²) < 4.78 is 3.18. The maximum Gasteiger partial charge on any atom is 0.263 e. The SMILES string of the molecule is N#C/C(=C(/O)Cn1cnc2scc(-c3ccc(Br)cc3)c2c1=O)c1nc2ccccc2s1. The number of halogens is 1.